The molecule has 0 radical (unpaired) electrons. The summed E-state index contributed by atoms with van der Waals surface area (Å²) in [6.45, 7) is 6.17. The van der Waals surface area contributed by atoms with Gasteiger partial charge in [0.25, 0.3) is 0 Å². The highest BCUT2D eigenvalue weighted by Crippen LogP contribution is 1.74. The first-order chi connectivity index (χ1) is 5.91. The molecule has 0 aromatic rings. The molecule has 0 spiro atoms. The number of carbonyl (C=O) groups excluding carboxylic acids is 1. The maximum absolute atomic E-state index is 9.71. The van der Waals surface area contributed by atoms with Gasteiger partial charge < -0.3 is 20.0 Å². The van der Waals surface area contributed by atoms with Crippen molar-refractivity contribution >= 4 is 6.29 Å². The Kier molecular flexibility index (Phi) is 19.8. The number of hydrogen-bond donors (Lipinski definition) is 1. The fourth-order valence-corrected chi connectivity index (χ4v) is 0.435. The van der Waals surface area contributed by atoms with Gasteiger partial charge in [-0.3, -0.25) is 0 Å². The molecular formula is C8H21NO3. The Morgan fingerprint density at radius 2 is 1.83 bits per heavy atom. The summed E-state index contributed by atoms with van der Waals surface area (Å²) in [5, 5.41) is 0. The number of rotatable bonds is 7. The van der Waals surface area contributed by atoms with Gasteiger partial charge in [0.15, 0.2) is 0 Å². The van der Waals surface area contributed by atoms with Crippen molar-refractivity contribution in [2.75, 3.05) is 33.0 Å². The quantitative estimate of drug-likeness (QED) is 0.455. The number of carbonyl (C=O) groups is 1. The zero-order chi connectivity index (χ0) is 9.66. The lowest BCUT2D eigenvalue weighted by molar-refractivity contribution is -0.112. The molecule has 76 valence electrons. The van der Waals surface area contributed by atoms with Gasteiger partial charge in [0.1, 0.15) is 12.9 Å². The molecule has 2 N–H and O–H groups in total. The predicted molar refractivity (Wildman–Crippen MR) is 50.2 cm³/mol. The highest BCUT2D eigenvalue weighted by Gasteiger charge is 1.85. The van der Waals surface area contributed by atoms with Gasteiger partial charge in [-0.1, -0.05) is 13.8 Å². The minimum atomic E-state index is 0. The van der Waals surface area contributed by atoms with Crippen LogP contribution in [0.2, 0.25) is 0 Å². The van der Waals surface area contributed by atoms with Gasteiger partial charge in [0.05, 0.1) is 19.8 Å². The van der Waals surface area contributed by atoms with E-state index in [0.717, 1.165) is 0 Å². The molecule has 0 fully saturated rings. The van der Waals surface area contributed by atoms with Gasteiger partial charge in [0.2, 0.25) is 0 Å². The summed E-state index contributed by atoms with van der Waals surface area (Å²) in [6, 6.07) is 0. The van der Waals surface area contributed by atoms with Crippen molar-refractivity contribution in [3.05, 3.63) is 0 Å². The van der Waals surface area contributed by atoms with Gasteiger partial charge >= 0.3 is 0 Å². The van der Waals surface area contributed by atoms with Crippen molar-refractivity contribution in [1.82, 2.24) is 0 Å². The van der Waals surface area contributed by atoms with Crippen molar-refractivity contribution in [1.29, 1.82) is 0 Å². The molecule has 0 aromatic heterocycles. The molecule has 0 amide bonds. The van der Waals surface area contributed by atoms with Crippen molar-refractivity contribution in [2.45, 2.75) is 13.8 Å². The highest BCUT2D eigenvalue weighted by atomic mass is 16.5. The minimum absolute atomic E-state index is 0. The number of ether oxygens (including phenoxy) is 2. The first-order valence-electron chi connectivity index (χ1n) is 4.21. The van der Waals surface area contributed by atoms with Gasteiger partial charge in [-0.15, -0.1) is 0 Å². The lowest BCUT2D eigenvalue weighted by atomic mass is 10.7. The SMILES string of the molecule is CC.NCCOCCOCC=O.[HH]. The fourth-order valence-electron chi connectivity index (χ4n) is 0.435. The monoisotopic (exact) mass is 179 g/mol. The van der Waals surface area contributed by atoms with E-state index in [0.29, 0.717) is 32.7 Å². The predicted octanol–water partition coefficient (Wildman–Crippen LogP) is 0.449. The molecule has 0 rings (SSSR count). The molecule has 0 aliphatic carbocycles. The van der Waals surface area contributed by atoms with E-state index in [-0.39, 0.29) is 8.03 Å². The normalized spacial score (nSPS) is 8.58. The molecule has 4 heteroatoms. The largest absolute Gasteiger partial charge is 0.378 e. The van der Waals surface area contributed by atoms with Crippen molar-refractivity contribution < 1.29 is 15.7 Å². The van der Waals surface area contributed by atoms with Crippen LogP contribution in [0.15, 0.2) is 0 Å². The van der Waals surface area contributed by atoms with Crippen molar-refractivity contribution in [3.63, 3.8) is 0 Å². The number of nitrogens with two attached hydrogens (primary N) is 1. The third-order valence-corrected chi connectivity index (χ3v) is 0.820. The van der Waals surface area contributed by atoms with Gasteiger partial charge in [-0.05, 0) is 0 Å². The van der Waals surface area contributed by atoms with Crippen LogP contribution >= 0.6 is 0 Å². The summed E-state index contributed by atoms with van der Waals surface area (Å²) < 4.78 is 9.76. The van der Waals surface area contributed by atoms with Crippen LogP contribution in [0.25, 0.3) is 0 Å². The molecule has 0 saturated heterocycles. The Bertz CT molecular complexity index is 83.8. The standard InChI is InChI=1S/C6H13NO3.C2H6.H2/c7-1-3-9-5-6-10-4-2-8;1-2;/h2H,1,3-7H2;1-2H3;1H. The summed E-state index contributed by atoms with van der Waals surface area (Å²) in [6.07, 6.45) is 0.711. The summed E-state index contributed by atoms with van der Waals surface area (Å²) in [5.74, 6) is 0. The van der Waals surface area contributed by atoms with Crippen LogP contribution in [0.4, 0.5) is 0 Å². The van der Waals surface area contributed by atoms with Gasteiger partial charge in [-0.25, -0.2) is 0 Å². The topological polar surface area (TPSA) is 61.6 Å². The zero-order valence-corrected chi connectivity index (χ0v) is 7.91. The second kappa shape index (κ2) is 16.9. The van der Waals surface area contributed by atoms with E-state index in [4.69, 9.17) is 15.2 Å². The van der Waals surface area contributed by atoms with Crippen LogP contribution < -0.4 is 5.73 Å². The summed E-state index contributed by atoms with van der Waals surface area (Å²) in [4.78, 5) is 9.71. The van der Waals surface area contributed by atoms with E-state index in [9.17, 15) is 4.79 Å². The second-order valence-corrected chi connectivity index (χ2v) is 1.64. The lowest BCUT2D eigenvalue weighted by Crippen LogP contribution is -2.12. The van der Waals surface area contributed by atoms with E-state index in [2.05, 4.69) is 0 Å². The van der Waals surface area contributed by atoms with Gasteiger partial charge in [0, 0.05) is 7.97 Å². The first-order valence-corrected chi connectivity index (χ1v) is 4.21. The van der Waals surface area contributed by atoms with Crippen LogP contribution in [0.1, 0.15) is 15.3 Å². The molecule has 0 atom stereocenters. The van der Waals surface area contributed by atoms with Crippen LogP contribution in [0.5, 0.6) is 0 Å². The third kappa shape index (κ3) is 16.3. The molecule has 4 nitrogen and oxygen atoms in total. The van der Waals surface area contributed by atoms with Crippen LogP contribution in [-0.4, -0.2) is 39.3 Å². The molecule has 0 saturated carbocycles. The maximum atomic E-state index is 9.71. The minimum Gasteiger partial charge on any atom is -0.378 e. The Labute approximate surface area is 75.5 Å². The van der Waals surface area contributed by atoms with E-state index in [1.165, 1.54) is 0 Å². The maximum Gasteiger partial charge on any atom is 0.145 e. The van der Waals surface area contributed by atoms with Crippen LogP contribution in [0.3, 0.4) is 0 Å². The Balaban J connectivity index is -0.000000309. The fraction of sp³-hybridized carbons (Fsp3) is 0.875. The molecule has 12 heavy (non-hydrogen) atoms. The Hall–Kier alpha value is -0.450. The van der Waals surface area contributed by atoms with Crippen LogP contribution in [0, 0.1) is 0 Å². The lowest BCUT2D eigenvalue weighted by Gasteiger charge is -2.00. The van der Waals surface area contributed by atoms with Crippen LogP contribution in [-0.2, 0) is 14.3 Å². The summed E-state index contributed by atoms with van der Waals surface area (Å²) in [5.41, 5.74) is 5.15. The number of hydrogen-bond acceptors (Lipinski definition) is 4. The average molecular weight is 179 g/mol. The first kappa shape index (κ1) is 14.1. The summed E-state index contributed by atoms with van der Waals surface area (Å²) >= 11 is 0. The average Bonchev–Trinajstić information content (AvgIpc) is 2.15. The van der Waals surface area contributed by atoms with E-state index in [1.54, 1.807) is 0 Å². The molecule has 0 unspecified atom stereocenters. The number of aldehydes is 1. The zero-order valence-electron chi connectivity index (χ0n) is 7.91. The molecular weight excluding hydrogens is 158 g/mol. The van der Waals surface area contributed by atoms with Gasteiger partial charge in [-0.2, -0.15) is 0 Å². The molecule has 0 aliphatic heterocycles. The Morgan fingerprint density at radius 1 is 1.25 bits per heavy atom. The van der Waals surface area contributed by atoms with Crippen molar-refractivity contribution in [3.8, 4) is 0 Å². The highest BCUT2D eigenvalue weighted by molar-refractivity contribution is 5.50. The Morgan fingerprint density at radius 3 is 2.33 bits per heavy atom. The molecule has 0 aromatic carbocycles. The molecule has 0 bridgehead atoms. The summed E-state index contributed by atoms with van der Waals surface area (Å²) in [7, 11) is 0. The molecule has 0 aliphatic rings. The molecule has 0 heterocycles. The smallest absolute Gasteiger partial charge is 0.145 e. The van der Waals surface area contributed by atoms with E-state index >= 15 is 0 Å². The van der Waals surface area contributed by atoms with E-state index in [1.807, 2.05) is 13.8 Å². The van der Waals surface area contributed by atoms with Crippen molar-refractivity contribution in [2.24, 2.45) is 5.73 Å². The van der Waals surface area contributed by atoms with E-state index < -0.39 is 0 Å². The third-order valence-electron chi connectivity index (χ3n) is 0.820. The second-order valence-electron chi connectivity index (χ2n) is 1.64.